The first-order valence-electron chi connectivity index (χ1n) is 25.2. The topological polar surface area (TPSA) is 70.0 Å². The van der Waals surface area contributed by atoms with Crippen LogP contribution in [0.1, 0.15) is 265 Å². The van der Waals surface area contributed by atoms with E-state index in [9.17, 15) is 15.0 Å². The highest BCUT2D eigenvalue weighted by Crippen LogP contribution is 2.25. The number of aliphatic hydroxyl groups excluding tert-OH is 2. The Hall–Kier alpha value is -0.650. The molecule has 0 aliphatic rings. The van der Waals surface area contributed by atoms with Crippen LogP contribution in [-0.2, 0) is 9.53 Å². The predicted molar refractivity (Wildman–Crippen MR) is 241 cm³/mol. The highest BCUT2D eigenvalue weighted by atomic mass is 16.5. The van der Waals surface area contributed by atoms with Crippen LogP contribution in [0.15, 0.2) is 0 Å². The molecule has 0 bridgehead atoms. The van der Waals surface area contributed by atoms with E-state index in [4.69, 9.17) is 4.74 Å². The molecule has 0 rings (SSSR count). The number of esters is 1. The number of hydrogen-bond acceptors (Lipinski definition) is 5. The Morgan fingerprint density at radius 3 is 1.29 bits per heavy atom. The van der Waals surface area contributed by atoms with E-state index in [-0.39, 0.29) is 18.7 Å². The summed E-state index contributed by atoms with van der Waals surface area (Å²) in [6.07, 6.45) is 46.0. The SMILES string of the molecule is CCCCCCCCCC(CCCCCCC)CCCCCCN(CCCCCO)CC(O)CCCCC(=O)OCCC(CCCCC)CCCCCCC. The fraction of sp³-hybridized carbons (Fsp3) is 0.980. The van der Waals surface area contributed by atoms with E-state index in [0.29, 0.717) is 18.9 Å². The summed E-state index contributed by atoms with van der Waals surface area (Å²) in [5, 5.41) is 20.2. The standard InChI is InChI=1S/C50H101NO4/c1-5-9-13-16-17-20-27-36-47(35-25-18-14-10-6-2)37-28-21-22-31-42-51(43-32-23-33-44-52)46-49(53)39-29-30-40-50(54)55-45-41-48(34-24-12-8-4)38-26-19-15-11-7-3/h47-49,52-53H,5-46H2,1-4H3. The molecule has 0 aromatic heterocycles. The molecule has 2 N–H and O–H groups in total. The van der Waals surface area contributed by atoms with Crippen molar-refractivity contribution in [2.45, 2.75) is 271 Å². The highest BCUT2D eigenvalue weighted by Gasteiger charge is 2.14. The molecule has 0 saturated carbocycles. The lowest BCUT2D eigenvalue weighted by molar-refractivity contribution is -0.144. The first-order chi connectivity index (χ1) is 27.0. The van der Waals surface area contributed by atoms with Crippen molar-refractivity contribution in [3.05, 3.63) is 0 Å². The summed E-state index contributed by atoms with van der Waals surface area (Å²) in [6, 6.07) is 0. The maximum Gasteiger partial charge on any atom is 0.305 e. The minimum absolute atomic E-state index is 0.0636. The summed E-state index contributed by atoms with van der Waals surface area (Å²) in [5.41, 5.74) is 0. The van der Waals surface area contributed by atoms with Crippen molar-refractivity contribution in [2.75, 3.05) is 32.8 Å². The smallest absolute Gasteiger partial charge is 0.305 e. The van der Waals surface area contributed by atoms with E-state index in [0.717, 1.165) is 70.5 Å². The molecule has 3 unspecified atom stereocenters. The quantitative estimate of drug-likeness (QED) is 0.0476. The molecule has 55 heavy (non-hydrogen) atoms. The third-order valence-corrected chi connectivity index (χ3v) is 12.3. The van der Waals surface area contributed by atoms with Gasteiger partial charge in [0.15, 0.2) is 0 Å². The molecule has 5 heteroatoms. The number of carbonyl (C=O) groups excluding carboxylic acids is 1. The molecule has 330 valence electrons. The Balaban J connectivity index is 4.47. The minimum Gasteiger partial charge on any atom is -0.466 e. The van der Waals surface area contributed by atoms with Crippen LogP contribution in [0.2, 0.25) is 0 Å². The molecule has 0 aromatic rings. The molecular formula is C50H101NO4. The van der Waals surface area contributed by atoms with Crippen molar-refractivity contribution in [2.24, 2.45) is 11.8 Å². The molecule has 0 aromatic carbocycles. The molecule has 0 heterocycles. The van der Waals surface area contributed by atoms with Crippen LogP contribution in [0.5, 0.6) is 0 Å². The summed E-state index contributed by atoms with van der Waals surface area (Å²) in [6.45, 7) is 12.8. The largest absolute Gasteiger partial charge is 0.466 e. The van der Waals surface area contributed by atoms with Gasteiger partial charge in [-0.3, -0.25) is 4.79 Å². The average Bonchev–Trinajstić information content (AvgIpc) is 3.18. The third kappa shape index (κ3) is 39.9. The van der Waals surface area contributed by atoms with Gasteiger partial charge in [-0.2, -0.15) is 0 Å². The number of aliphatic hydroxyl groups is 2. The van der Waals surface area contributed by atoms with Gasteiger partial charge < -0.3 is 19.8 Å². The fourth-order valence-corrected chi connectivity index (χ4v) is 8.50. The molecule has 0 aliphatic carbocycles. The van der Waals surface area contributed by atoms with Crippen molar-refractivity contribution >= 4 is 5.97 Å². The van der Waals surface area contributed by atoms with Crippen molar-refractivity contribution in [1.82, 2.24) is 4.90 Å². The molecule has 0 spiro atoms. The number of hydrogen-bond donors (Lipinski definition) is 2. The van der Waals surface area contributed by atoms with Crippen LogP contribution >= 0.6 is 0 Å². The Bertz CT molecular complexity index is 747. The molecule has 3 atom stereocenters. The first-order valence-corrected chi connectivity index (χ1v) is 25.2. The molecule has 0 saturated heterocycles. The second-order valence-corrected chi connectivity index (χ2v) is 17.7. The minimum atomic E-state index is -0.347. The van der Waals surface area contributed by atoms with Gasteiger partial charge in [0.05, 0.1) is 12.7 Å². The lowest BCUT2D eigenvalue weighted by Crippen LogP contribution is -2.34. The Morgan fingerprint density at radius 2 is 0.818 bits per heavy atom. The second-order valence-electron chi connectivity index (χ2n) is 17.7. The van der Waals surface area contributed by atoms with E-state index < -0.39 is 0 Å². The predicted octanol–water partition coefficient (Wildman–Crippen LogP) is 14.9. The highest BCUT2D eigenvalue weighted by molar-refractivity contribution is 5.69. The Kier molecular flexibility index (Phi) is 43.9. The second kappa shape index (κ2) is 44.5. The van der Waals surface area contributed by atoms with Gasteiger partial charge in [0, 0.05) is 19.6 Å². The number of rotatable bonds is 46. The van der Waals surface area contributed by atoms with Crippen LogP contribution in [-0.4, -0.2) is 60.0 Å². The maximum absolute atomic E-state index is 12.5. The monoisotopic (exact) mass is 780 g/mol. The summed E-state index contributed by atoms with van der Waals surface area (Å²) >= 11 is 0. The van der Waals surface area contributed by atoms with Crippen LogP contribution in [0.4, 0.5) is 0 Å². The van der Waals surface area contributed by atoms with Crippen molar-refractivity contribution in [3.8, 4) is 0 Å². The molecule has 5 nitrogen and oxygen atoms in total. The van der Waals surface area contributed by atoms with Gasteiger partial charge in [-0.25, -0.2) is 0 Å². The third-order valence-electron chi connectivity index (χ3n) is 12.3. The summed E-state index contributed by atoms with van der Waals surface area (Å²) < 4.78 is 5.68. The van der Waals surface area contributed by atoms with Gasteiger partial charge in [0.2, 0.25) is 0 Å². The summed E-state index contributed by atoms with van der Waals surface area (Å²) in [4.78, 5) is 15.0. The van der Waals surface area contributed by atoms with Crippen LogP contribution < -0.4 is 0 Å². The Labute approximate surface area is 345 Å². The van der Waals surface area contributed by atoms with Gasteiger partial charge in [0.25, 0.3) is 0 Å². The van der Waals surface area contributed by atoms with Crippen molar-refractivity contribution in [1.29, 1.82) is 0 Å². The number of ether oxygens (including phenoxy) is 1. The normalized spacial score (nSPS) is 13.4. The van der Waals surface area contributed by atoms with E-state index in [1.54, 1.807) is 0 Å². The van der Waals surface area contributed by atoms with Gasteiger partial charge in [0.1, 0.15) is 0 Å². The zero-order valence-electron chi connectivity index (χ0n) is 38.1. The summed E-state index contributed by atoms with van der Waals surface area (Å²) in [5.74, 6) is 1.56. The zero-order valence-corrected chi connectivity index (χ0v) is 38.1. The first kappa shape index (κ1) is 54.3. The van der Waals surface area contributed by atoms with Crippen molar-refractivity contribution < 1.29 is 19.7 Å². The lowest BCUT2D eigenvalue weighted by atomic mass is 9.89. The van der Waals surface area contributed by atoms with E-state index in [1.807, 2.05) is 0 Å². The lowest BCUT2D eigenvalue weighted by Gasteiger charge is -2.25. The molecular weight excluding hydrogens is 679 g/mol. The van der Waals surface area contributed by atoms with Gasteiger partial charge >= 0.3 is 5.97 Å². The van der Waals surface area contributed by atoms with Crippen LogP contribution in [0.25, 0.3) is 0 Å². The van der Waals surface area contributed by atoms with Crippen LogP contribution in [0, 0.1) is 11.8 Å². The molecule has 0 fully saturated rings. The summed E-state index contributed by atoms with van der Waals surface area (Å²) in [7, 11) is 0. The fourth-order valence-electron chi connectivity index (χ4n) is 8.50. The Morgan fingerprint density at radius 1 is 0.455 bits per heavy atom. The van der Waals surface area contributed by atoms with Crippen molar-refractivity contribution in [3.63, 3.8) is 0 Å². The maximum atomic E-state index is 12.5. The average molecular weight is 780 g/mol. The number of unbranched alkanes of at least 4 members (excludes halogenated alkanes) is 22. The number of carbonyl (C=O) groups is 1. The van der Waals surface area contributed by atoms with Gasteiger partial charge in [-0.15, -0.1) is 0 Å². The van der Waals surface area contributed by atoms with E-state index in [1.165, 1.54) is 186 Å². The molecule has 0 aliphatic heterocycles. The van der Waals surface area contributed by atoms with Gasteiger partial charge in [-0.1, -0.05) is 214 Å². The van der Waals surface area contributed by atoms with E-state index >= 15 is 0 Å². The van der Waals surface area contributed by atoms with Gasteiger partial charge in [-0.05, 0) is 69.9 Å². The zero-order chi connectivity index (χ0) is 40.3. The number of nitrogens with zero attached hydrogens (tertiary/aromatic N) is 1. The molecule has 0 amide bonds. The van der Waals surface area contributed by atoms with Crippen LogP contribution in [0.3, 0.4) is 0 Å². The van der Waals surface area contributed by atoms with E-state index in [2.05, 4.69) is 32.6 Å². The molecule has 0 radical (unpaired) electrons.